The molecule has 1 aromatic carbocycles. The number of hydrogen-bond donors (Lipinski definition) is 1. The molecule has 1 atom stereocenters. The molecule has 1 N–H and O–H groups in total. The molecule has 1 unspecified atom stereocenters. The molecule has 0 spiro atoms. The van der Waals surface area contributed by atoms with Gasteiger partial charge in [-0.25, -0.2) is 0 Å². The topological polar surface area (TPSA) is 20.2 Å². The van der Waals surface area contributed by atoms with Crippen molar-refractivity contribution in [1.29, 1.82) is 0 Å². The maximum Gasteiger partial charge on any atom is 0.0929 e. The summed E-state index contributed by atoms with van der Waals surface area (Å²) in [6.45, 7) is 1.89. The average molecular weight is 206 g/mol. The van der Waals surface area contributed by atoms with E-state index in [9.17, 15) is 5.11 Å². The highest BCUT2D eigenvalue weighted by Crippen LogP contribution is 2.40. The fourth-order valence-corrected chi connectivity index (χ4v) is 2.66. The smallest absolute Gasteiger partial charge is 0.0929 e. The van der Waals surface area contributed by atoms with Crippen LogP contribution in [0.4, 0.5) is 0 Å². The number of rotatable bonds is 2. The molecule has 2 heteroatoms. The van der Waals surface area contributed by atoms with Gasteiger partial charge in [-0.2, -0.15) is 0 Å². The number of thioether (sulfide) groups is 1. The highest BCUT2D eigenvalue weighted by atomic mass is 32.2. The third kappa shape index (κ3) is 2.02. The van der Waals surface area contributed by atoms with Crippen LogP contribution in [0.1, 0.15) is 19.8 Å². The van der Waals surface area contributed by atoms with E-state index in [0.29, 0.717) is 0 Å². The molecule has 1 aliphatic carbocycles. The van der Waals surface area contributed by atoms with E-state index in [1.165, 1.54) is 4.90 Å². The molecule has 0 amide bonds. The van der Waals surface area contributed by atoms with Gasteiger partial charge in [0.15, 0.2) is 0 Å². The van der Waals surface area contributed by atoms with E-state index in [1.54, 1.807) is 11.8 Å². The molecule has 2 rings (SSSR count). The van der Waals surface area contributed by atoms with Gasteiger partial charge in [0.25, 0.3) is 0 Å². The molecule has 0 heterocycles. The van der Waals surface area contributed by atoms with Crippen LogP contribution in [-0.4, -0.2) is 10.7 Å². The minimum atomic E-state index is -0.611. The molecule has 0 aromatic heterocycles. The van der Waals surface area contributed by atoms with E-state index in [2.05, 4.69) is 18.2 Å². The molecule has 0 aliphatic heterocycles. The first-order valence-electron chi connectivity index (χ1n) is 4.84. The molecule has 1 aromatic rings. The largest absolute Gasteiger partial charge is 0.385 e. The van der Waals surface area contributed by atoms with Gasteiger partial charge in [-0.1, -0.05) is 36.0 Å². The van der Waals surface area contributed by atoms with E-state index in [4.69, 9.17) is 0 Å². The van der Waals surface area contributed by atoms with Gasteiger partial charge in [-0.3, -0.25) is 0 Å². The summed E-state index contributed by atoms with van der Waals surface area (Å²) < 4.78 is 0. The van der Waals surface area contributed by atoms with Gasteiger partial charge in [-0.15, -0.1) is 0 Å². The summed E-state index contributed by atoms with van der Waals surface area (Å²) in [5.74, 6) is 0. The van der Waals surface area contributed by atoms with Crippen LogP contribution >= 0.6 is 11.8 Å². The zero-order valence-electron chi connectivity index (χ0n) is 8.23. The lowest BCUT2D eigenvalue weighted by molar-refractivity contribution is 0.108. The van der Waals surface area contributed by atoms with Crippen molar-refractivity contribution in [2.75, 3.05) is 0 Å². The Balaban J connectivity index is 2.13. The monoisotopic (exact) mass is 206 g/mol. The maximum atomic E-state index is 10.0. The van der Waals surface area contributed by atoms with Crippen LogP contribution in [0.5, 0.6) is 0 Å². The van der Waals surface area contributed by atoms with Crippen molar-refractivity contribution in [2.24, 2.45) is 0 Å². The van der Waals surface area contributed by atoms with E-state index < -0.39 is 5.60 Å². The summed E-state index contributed by atoms with van der Waals surface area (Å²) in [7, 11) is 0. The lowest BCUT2D eigenvalue weighted by atomic mass is 10.1. The van der Waals surface area contributed by atoms with Crippen LogP contribution in [0.3, 0.4) is 0 Å². The van der Waals surface area contributed by atoms with Crippen LogP contribution in [-0.2, 0) is 0 Å². The second kappa shape index (κ2) is 3.79. The van der Waals surface area contributed by atoms with E-state index in [-0.39, 0.29) is 0 Å². The molecular formula is C12H14OS. The van der Waals surface area contributed by atoms with Crippen molar-refractivity contribution in [3.8, 4) is 0 Å². The molecule has 0 bridgehead atoms. The molecule has 0 fully saturated rings. The Morgan fingerprint density at radius 1 is 1.29 bits per heavy atom. The van der Waals surface area contributed by atoms with Gasteiger partial charge in [-0.05, 0) is 31.9 Å². The Morgan fingerprint density at radius 3 is 2.57 bits per heavy atom. The summed E-state index contributed by atoms with van der Waals surface area (Å²) >= 11 is 1.67. The predicted molar refractivity (Wildman–Crippen MR) is 60.2 cm³/mol. The van der Waals surface area contributed by atoms with Crippen molar-refractivity contribution in [3.05, 3.63) is 41.3 Å². The molecule has 0 saturated heterocycles. The predicted octanol–water partition coefficient (Wildman–Crippen LogP) is 3.21. The van der Waals surface area contributed by atoms with E-state index >= 15 is 0 Å². The van der Waals surface area contributed by atoms with Crippen molar-refractivity contribution < 1.29 is 5.11 Å². The molecule has 74 valence electrons. The Bertz CT molecular complexity index is 341. The first-order chi connectivity index (χ1) is 6.68. The first kappa shape index (κ1) is 9.81. The third-order valence-corrected chi connectivity index (χ3v) is 3.80. The number of benzene rings is 1. The second-order valence-corrected chi connectivity index (χ2v) is 4.91. The van der Waals surface area contributed by atoms with Crippen LogP contribution in [0.15, 0.2) is 46.2 Å². The lowest BCUT2D eigenvalue weighted by Crippen LogP contribution is -2.20. The van der Waals surface area contributed by atoms with Crippen molar-refractivity contribution in [3.63, 3.8) is 0 Å². The molecule has 0 radical (unpaired) electrons. The zero-order valence-corrected chi connectivity index (χ0v) is 9.05. The van der Waals surface area contributed by atoms with Gasteiger partial charge in [0.2, 0.25) is 0 Å². The van der Waals surface area contributed by atoms with E-state index in [1.807, 2.05) is 25.1 Å². The Kier molecular flexibility index (Phi) is 2.66. The Hall–Kier alpha value is -0.730. The highest BCUT2D eigenvalue weighted by Gasteiger charge is 2.29. The summed E-state index contributed by atoms with van der Waals surface area (Å²) in [6.07, 6.45) is 3.97. The normalized spacial score (nSPS) is 26.3. The second-order valence-electron chi connectivity index (χ2n) is 3.80. The fourth-order valence-electron chi connectivity index (χ4n) is 1.59. The summed E-state index contributed by atoms with van der Waals surface area (Å²) in [5.41, 5.74) is -0.611. The van der Waals surface area contributed by atoms with Crippen LogP contribution in [0.2, 0.25) is 0 Å². The van der Waals surface area contributed by atoms with Gasteiger partial charge < -0.3 is 5.11 Å². The zero-order chi connectivity index (χ0) is 10.0. The van der Waals surface area contributed by atoms with Crippen molar-refractivity contribution in [2.45, 2.75) is 30.3 Å². The summed E-state index contributed by atoms with van der Waals surface area (Å²) in [6, 6.07) is 10.2. The summed E-state index contributed by atoms with van der Waals surface area (Å²) in [5, 5.41) is 10.0. The standard InChI is InChI=1S/C12H14OS/c1-12(13)9-5-8-11(12)14-10-6-3-2-4-7-10/h2-4,6-8,13H,5,9H2,1H3. The minimum absolute atomic E-state index is 0.611. The van der Waals surface area contributed by atoms with Crippen molar-refractivity contribution >= 4 is 11.8 Å². The molecular weight excluding hydrogens is 192 g/mol. The first-order valence-corrected chi connectivity index (χ1v) is 5.66. The van der Waals surface area contributed by atoms with Crippen molar-refractivity contribution in [1.82, 2.24) is 0 Å². The molecule has 1 nitrogen and oxygen atoms in total. The lowest BCUT2D eigenvalue weighted by Gasteiger charge is -2.20. The highest BCUT2D eigenvalue weighted by molar-refractivity contribution is 8.03. The van der Waals surface area contributed by atoms with E-state index in [0.717, 1.165) is 17.7 Å². The molecule has 14 heavy (non-hydrogen) atoms. The van der Waals surface area contributed by atoms with Crippen LogP contribution in [0, 0.1) is 0 Å². The third-order valence-electron chi connectivity index (χ3n) is 2.46. The number of aliphatic hydroxyl groups is 1. The van der Waals surface area contributed by atoms with Crippen LogP contribution in [0.25, 0.3) is 0 Å². The van der Waals surface area contributed by atoms with Gasteiger partial charge in [0.1, 0.15) is 0 Å². The Labute approximate surface area is 88.8 Å². The minimum Gasteiger partial charge on any atom is -0.385 e. The molecule has 0 saturated carbocycles. The van der Waals surface area contributed by atoms with Gasteiger partial charge in [0.05, 0.1) is 5.60 Å². The van der Waals surface area contributed by atoms with Gasteiger partial charge >= 0.3 is 0 Å². The summed E-state index contributed by atoms with van der Waals surface area (Å²) in [4.78, 5) is 2.28. The average Bonchev–Trinajstić information content (AvgIpc) is 2.48. The number of hydrogen-bond acceptors (Lipinski definition) is 2. The maximum absolute atomic E-state index is 10.0. The number of allylic oxidation sites excluding steroid dienone is 1. The molecule has 1 aliphatic rings. The SMILES string of the molecule is CC1(O)CCC=C1Sc1ccccc1. The van der Waals surface area contributed by atoms with Crippen LogP contribution < -0.4 is 0 Å². The van der Waals surface area contributed by atoms with Gasteiger partial charge in [0, 0.05) is 9.80 Å². The Morgan fingerprint density at radius 2 is 2.00 bits per heavy atom. The quantitative estimate of drug-likeness (QED) is 0.801. The fraction of sp³-hybridized carbons (Fsp3) is 0.333.